The number of hydrogen-bond donors (Lipinski definition) is 0. The standard InChI is InChI=1S/C19H26BFN2O2/c1-18(2)19(3,4)25-20(24-18)13-10-15(21)17-16(11-13)22-12-23(17)14-8-6-5-7-9-14/h10-12,14H,5-9H2,1-4H3. The minimum absolute atomic E-state index is 0.245. The molecule has 2 heterocycles. The smallest absolute Gasteiger partial charge is 0.399 e. The molecular formula is C19H26BFN2O2. The molecule has 1 aliphatic carbocycles. The van der Waals surface area contributed by atoms with E-state index >= 15 is 0 Å². The van der Waals surface area contributed by atoms with E-state index in [4.69, 9.17) is 9.31 Å². The summed E-state index contributed by atoms with van der Waals surface area (Å²) in [6.07, 6.45) is 7.68. The Hall–Kier alpha value is -1.40. The summed E-state index contributed by atoms with van der Waals surface area (Å²) >= 11 is 0. The van der Waals surface area contributed by atoms with E-state index in [-0.39, 0.29) is 5.82 Å². The zero-order valence-corrected chi connectivity index (χ0v) is 15.5. The summed E-state index contributed by atoms with van der Waals surface area (Å²) in [4.78, 5) is 4.47. The second-order valence-corrected chi connectivity index (χ2v) is 8.40. The number of nitrogens with zero attached hydrogens (tertiary/aromatic N) is 2. The third kappa shape index (κ3) is 2.79. The van der Waals surface area contributed by atoms with Crippen LogP contribution in [0, 0.1) is 5.82 Å². The van der Waals surface area contributed by atoms with E-state index in [1.165, 1.54) is 19.3 Å². The fraction of sp³-hybridized carbons (Fsp3) is 0.632. The monoisotopic (exact) mass is 344 g/mol. The lowest BCUT2D eigenvalue weighted by atomic mass is 9.79. The van der Waals surface area contributed by atoms with Gasteiger partial charge in [0.2, 0.25) is 0 Å². The van der Waals surface area contributed by atoms with Gasteiger partial charge < -0.3 is 13.9 Å². The molecule has 0 N–H and O–H groups in total. The topological polar surface area (TPSA) is 36.3 Å². The van der Waals surface area contributed by atoms with Crippen molar-refractivity contribution in [3.8, 4) is 0 Å². The maximum absolute atomic E-state index is 15.0. The molecular weight excluding hydrogens is 318 g/mol. The van der Waals surface area contributed by atoms with Crippen LogP contribution in [0.4, 0.5) is 4.39 Å². The molecule has 1 saturated carbocycles. The zero-order chi connectivity index (χ0) is 17.8. The normalized spacial score (nSPS) is 23.5. The van der Waals surface area contributed by atoms with Crippen molar-refractivity contribution in [1.29, 1.82) is 0 Å². The van der Waals surface area contributed by atoms with Crippen molar-refractivity contribution < 1.29 is 13.7 Å². The van der Waals surface area contributed by atoms with Gasteiger partial charge >= 0.3 is 7.12 Å². The Bertz CT molecular complexity index is 780. The lowest BCUT2D eigenvalue weighted by Crippen LogP contribution is -2.41. The third-order valence-corrected chi connectivity index (χ3v) is 6.14. The van der Waals surface area contributed by atoms with Gasteiger partial charge in [0.05, 0.1) is 23.0 Å². The first-order chi connectivity index (χ1) is 11.8. The second kappa shape index (κ2) is 5.81. The number of fused-ring (bicyclic) bond motifs is 1. The molecule has 0 atom stereocenters. The van der Waals surface area contributed by atoms with Crippen LogP contribution in [0.25, 0.3) is 11.0 Å². The summed E-state index contributed by atoms with van der Waals surface area (Å²) < 4.78 is 29.1. The quantitative estimate of drug-likeness (QED) is 0.773. The van der Waals surface area contributed by atoms with Crippen molar-refractivity contribution in [2.45, 2.75) is 77.0 Å². The molecule has 1 aliphatic heterocycles. The van der Waals surface area contributed by atoms with Crippen LogP contribution in [0.3, 0.4) is 0 Å². The Morgan fingerprint density at radius 1 is 1.08 bits per heavy atom. The molecule has 2 fully saturated rings. The van der Waals surface area contributed by atoms with E-state index in [1.54, 1.807) is 12.4 Å². The Morgan fingerprint density at radius 3 is 2.36 bits per heavy atom. The van der Waals surface area contributed by atoms with E-state index in [0.717, 1.165) is 12.8 Å². The molecule has 4 rings (SSSR count). The predicted octanol–water partition coefficient (Wildman–Crippen LogP) is 3.98. The highest BCUT2D eigenvalue weighted by atomic mass is 19.1. The van der Waals surface area contributed by atoms with Crippen LogP contribution in [-0.4, -0.2) is 27.9 Å². The van der Waals surface area contributed by atoms with Crippen LogP contribution in [0.2, 0.25) is 0 Å². The number of aromatic nitrogens is 2. The van der Waals surface area contributed by atoms with Crippen molar-refractivity contribution in [2.24, 2.45) is 0 Å². The molecule has 1 aromatic carbocycles. The van der Waals surface area contributed by atoms with Crippen LogP contribution in [0.1, 0.15) is 65.8 Å². The van der Waals surface area contributed by atoms with Gasteiger partial charge in [-0.05, 0) is 58.1 Å². The SMILES string of the molecule is CC1(C)OB(c2cc(F)c3c(c2)ncn3C2CCCCC2)OC1(C)C. The summed E-state index contributed by atoms with van der Waals surface area (Å²) in [5.41, 5.74) is 1.09. The third-order valence-electron chi connectivity index (χ3n) is 6.14. The first-order valence-corrected chi connectivity index (χ1v) is 9.30. The Morgan fingerprint density at radius 2 is 1.72 bits per heavy atom. The van der Waals surface area contributed by atoms with Gasteiger partial charge in [0, 0.05) is 6.04 Å². The minimum Gasteiger partial charge on any atom is -0.399 e. The molecule has 0 radical (unpaired) electrons. The minimum atomic E-state index is -0.566. The first-order valence-electron chi connectivity index (χ1n) is 9.30. The van der Waals surface area contributed by atoms with Gasteiger partial charge in [0.15, 0.2) is 0 Å². The molecule has 4 nitrogen and oxygen atoms in total. The molecule has 25 heavy (non-hydrogen) atoms. The van der Waals surface area contributed by atoms with Gasteiger partial charge in [-0.15, -0.1) is 0 Å². The Kier molecular flexibility index (Phi) is 3.96. The van der Waals surface area contributed by atoms with Crippen molar-refractivity contribution in [3.05, 3.63) is 24.3 Å². The van der Waals surface area contributed by atoms with E-state index in [1.807, 2.05) is 38.3 Å². The van der Waals surface area contributed by atoms with Crippen LogP contribution >= 0.6 is 0 Å². The van der Waals surface area contributed by atoms with Gasteiger partial charge in [-0.1, -0.05) is 19.3 Å². The maximum Gasteiger partial charge on any atom is 0.495 e. The second-order valence-electron chi connectivity index (χ2n) is 8.40. The van der Waals surface area contributed by atoms with Crippen molar-refractivity contribution in [3.63, 3.8) is 0 Å². The molecule has 1 aromatic heterocycles. The van der Waals surface area contributed by atoms with Gasteiger partial charge in [0.25, 0.3) is 0 Å². The van der Waals surface area contributed by atoms with E-state index in [0.29, 0.717) is 22.5 Å². The summed E-state index contributed by atoms with van der Waals surface area (Å²) in [7, 11) is -0.566. The fourth-order valence-corrected chi connectivity index (χ4v) is 3.89. The van der Waals surface area contributed by atoms with Gasteiger partial charge in [0.1, 0.15) is 11.3 Å². The number of halogens is 1. The first kappa shape index (κ1) is 17.0. The Labute approximate surface area is 148 Å². The molecule has 0 unspecified atom stereocenters. The molecule has 6 heteroatoms. The van der Waals surface area contributed by atoms with Gasteiger partial charge in [-0.2, -0.15) is 0 Å². The van der Waals surface area contributed by atoms with Crippen molar-refractivity contribution in [1.82, 2.24) is 9.55 Å². The predicted molar refractivity (Wildman–Crippen MR) is 97.5 cm³/mol. The number of hydrogen-bond acceptors (Lipinski definition) is 3. The summed E-state index contributed by atoms with van der Waals surface area (Å²) in [6.45, 7) is 8.00. The van der Waals surface area contributed by atoms with Gasteiger partial charge in [-0.25, -0.2) is 9.37 Å². The number of imidazole rings is 1. The Balaban J connectivity index is 1.70. The van der Waals surface area contributed by atoms with Crippen LogP contribution in [0.15, 0.2) is 18.5 Å². The molecule has 1 saturated heterocycles. The number of rotatable bonds is 2. The molecule has 2 aromatic rings. The molecule has 0 amide bonds. The molecule has 2 aliphatic rings. The summed E-state index contributed by atoms with van der Waals surface area (Å²) in [6, 6.07) is 3.81. The van der Waals surface area contributed by atoms with E-state index in [2.05, 4.69) is 4.98 Å². The lowest BCUT2D eigenvalue weighted by Gasteiger charge is -2.32. The highest BCUT2D eigenvalue weighted by Gasteiger charge is 2.51. The van der Waals surface area contributed by atoms with Gasteiger partial charge in [-0.3, -0.25) is 0 Å². The lowest BCUT2D eigenvalue weighted by molar-refractivity contribution is 0.00578. The zero-order valence-electron chi connectivity index (χ0n) is 15.5. The van der Waals surface area contributed by atoms with E-state index < -0.39 is 18.3 Å². The van der Waals surface area contributed by atoms with Crippen LogP contribution < -0.4 is 5.46 Å². The maximum atomic E-state index is 15.0. The van der Waals surface area contributed by atoms with Crippen molar-refractivity contribution in [2.75, 3.05) is 0 Å². The summed E-state index contributed by atoms with van der Waals surface area (Å²) in [5.74, 6) is -0.245. The molecule has 134 valence electrons. The van der Waals surface area contributed by atoms with Crippen LogP contribution in [-0.2, 0) is 9.31 Å². The van der Waals surface area contributed by atoms with Crippen molar-refractivity contribution >= 4 is 23.6 Å². The average molecular weight is 344 g/mol. The summed E-state index contributed by atoms with van der Waals surface area (Å²) in [5, 5.41) is 0. The average Bonchev–Trinajstić information content (AvgIpc) is 3.07. The largest absolute Gasteiger partial charge is 0.495 e. The fourth-order valence-electron chi connectivity index (χ4n) is 3.89. The van der Waals surface area contributed by atoms with E-state index in [9.17, 15) is 4.39 Å². The van der Waals surface area contributed by atoms with Crippen LogP contribution in [0.5, 0.6) is 0 Å². The highest BCUT2D eigenvalue weighted by Crippen LogP contribution is 2.37. The molecule has 0 bridgehead atoms. The number of benzene rings is 1. The molecule has 0 spiro atoms. The highest BCUT2D eigenvalue weighted by molar-refractivity contribution is 6.62.